The molecule has 1 heterocycles. The third-order valence-electron chi connectivity index (χ3n) is 3.35. The molecule has 1 aliphatic heterocycles. The molecule has 0 amide bonds. The maximum Gasteiger partial charge on any atom is 0.0465 e. The molecule has 0 radical (unpaired) electrons. The standard InChI is InChI=1S/C13H18Cl2N2/c1-13(2)9-16-5-6-17(13)8-10-3-4-11(14)7-12(10)15/h3-4,7,16H,5-6,8-9H2,1-2H3. The van der Waals surface area contributed by atoms with E-state index in [2.05, 4.69) is 24.1 Å². The number of hydrogen-bond acceptors (Lipinski definition) is 2. The molecule has 1 aromatic carbocycles. The Morgan fingerprint density at radius 1 is 1.35 bits per heavy atom. The molecule has 2 nitrogen and oxygen atoms in total. The maximum absolute atomic E-state index is 6.22. The highest BCUT2D eigenvalue weighted by molar-refractivity contribution is 6.35. The van der Waals surface area contributed by atoms with E-state index in [1.165, 1.54) is 0 Å². The Kier molecular flexibility index (Phi) is 3.99. The Bertz CT molecular complexity index is 404. The van der Waals surface area contributed by atoms with E-state index in [1.54, 1.807) is 0 Å². The van der Waals surface area contributed by atoms with Crippen molar-refractivity contribution in [3.63, 3.8) is 0 Å². The molecule has 0 aromatic heterocycles. The van der Waals surface area contributed by atoms with Gasteiger partial charge >= 0.3 is 0 Å². The Labute approximate surface area is 113 Å². The summed E-state index contributed by atoms with van der Waals surface area (Å²) < 4.78 is 0. The van der Waals surface area contributed by atoms with Gasteiger partial charge in [-0.3, -0.25) is 4.90 Å². The predicted octanol–water partition coefficient (Wildman–Crippen LogP) is 3.18. The summed E-state index contributed by atoms with van der Waals surface area (Å²) in [7, 11) is 0. The monoisotopic (exact) mass is 272 g/mol. The van der Waals surface area contributed by atoms with Crippen molar-refractivity contribution < 1.29 is 0 Å². The zero-order chi connectivity index (χ0) is 12.5. The fourth-order valence-corrected chi connectivity index (χ4v) is 2.64. The van der Waals surface area contributed by atoms with Crippen molar-refractivity contribution in [2.45, 2.75) is 25.9 Å². The number of benzene rings is 1. The van der Waals surface area contributed by atoms with E-state index in [1.807, 2.05) is 18.2 Å². The lowest BCUT2D eigenvalue weighted by Crippen LogP contribution is -2.57. The average Bonchev–Trinajstić information content (AvgIpc) is 2.24. The number of halogens is 2. The summed E-state index contributed by atoms with van der Waals surface area (Å²) in [6, 6.07) is 5.73. The summed E-state index contributed by atoms with van der Waals surface area (Å²) >= 11 is 12.1. The van der Waals surface area contributed by atoms with E-state index in [-0.39, 0.29) is 5.54 Å². The van der Waals surface area contributed by atoms with Crippen molar-refractivity contribution in [3.8, 4) is 0 Å². The second-order valence-electron chi connectivity index (χ2n) is 5.15. The summed E-state index contributed by atoms with van der Waals surface area (Å²) in [6.45, 7) is 8.48. The molecule has 94 valence electrons. The normalized spacial score (nSPS) is 20.5. The van der Waals surface area contributed by atoms with Crippen LogP contribution < -0.4 is 5.32 Å². The zero-order valence-corrected chi connectivity index (χ0v) is 11.8. The van der Waals surface area contributed by atoms with Gasteiger partial charge < -0.3 is 5.32 Å². The van der Waals surface area contributed by atoms with Crippen LogP contribution in [-0.4, -0.2) is 30.1 Å². The highest BCUT2D eigenvalue weighted by Crippen LogP contribution is 2.25. The van der Waals surface area contributed by atoms with Crippen LogP contribution >= 0.6 is 23.2 Å². The third-order valence-corrected chi connectivity index (χ3v) is 3.94. The Balaban J connectivity index is 2.14. The van der Waals surface area contributed by atoms with Gasteiger partial charge in [0.25, 0.3) is 0 Å². The number of nitrogens with zero attached hydrogens (tertiary/aromatic N) is 1. The first-order valence-corrected chi connectivity index (χ1v) is 6.64. The number of hydrogen-bond donors (Lipinski definition) is 1. The van der Waals surface area contributed by atoms with E-state index in [9.17, 15) is 0 Å². The fraction of sp³-hybridized carbons (Fsp3) is 0.538. The summed E-state index contributed by atoms with van der Waals surface area (Å²) in [5.41, 5.74) is 1.31. The van der Waals surface area contributed by atoms with Gasteiger partial charge in [0, 0.05) is 41.8 Å². The molecule has 1 aromatic rings. The summed E-state index contributed by atoms with van der Waals surface area (Å²) in [4.78, 5) is 2.46. The van der Waals surface area contributed by atoms with Crippen LogP contribution in [0.4, 0.5) is 0 Å². The Morgan fingerprint density at radius 2 is 2.12 bits per heavy atom. The minimum absolute atomic E-state index is 0.168. The molecular formula is C13H18Cl2N2. The van der Waals surface area contributed by atoms with Crippen LogP contribution in [0.15, 0.2) is 18.2 Å². The van der Waals surface area contributed by atoms with Gasteiger partial charge in [0.1, 0.15) is 0 Å². The van der Waals surface area contributed by atoms with Crippen LogP contribution in [0, 0.1) is 0 Å². The molecule has 0 spiro atoms. The van der Waals surface area contributed by atoms with E-state index < -0.39 is 0 Å². The van der Waals surface area contributed by atoms with Crippen LogP contribution in [0.2, 0.25) is 10.0 Å². The Morgan fingerprint density at radius 3 is 2.76 bits per heavy atom. The van der Waals surface area contributed by atoms with Gasteiger partial charge in [-0.1, -0.05) is 29.3 Å². The topological polar surface area (TPSA) is 15.3 Å². The highest BCUT2D eigenvalue weighted by atomic mass is 35.5. The van der Waals surface area contributed by atoms with Gasteiger partial charge in [-0.15, -0.1) is 0 Å². The minimum Gasteiger partial charge on any atom is -0.314 e. The summed E-state index contributed by atoms with van der Waals surface area (Å²) in [6.07, 6.45) is 0. The van der Waals surface area contributed by atoms with Crippen molar-refractivity contribution in [2.24, 2.45) is 0 Å². The summed E-state index contributed by atoms with van der Waals surface area (Å²) in [5.74, 6) is 0. The van der Waals surface area contributed by atoms with Crippen LogP contribution in [0.25, 0.3) is 0 Å². The first-order valence-electron chi connectivity index (χ1n) is 5.89. The molecule has 0 atom stereocenters. The van der Waals surface area contributed by atoms with Gasteiger partial charge in [-0.25, -0.2) is 0 Å². The first-order chi connectivity index (χ1) is 7.99. The lowest BCUT2D eigenvalue weighted by atomic mass is 9.99. The van der Waals surface area contributed by atoms with Crippen LogP contribution in [0.1, 0.15) is 19.4 Å². The molecule has 0 bridgehead atoms. The average molecular weight is 273 g/mol. The molecular weight excluding hydrogens is 255 g/mol. The van der Waals surface area contributed by atoms with E-state index in [0.29, 0.717) is 5.02 Å². The lowest BCUT2D eigenvalue weighted by Gasteiger charge is -2.43. The van der Waals surface area contributed by atoms with Gasteiger partial charge in [-0.2, -0.15) is 0 Å². The van der Waals surface area contributed by atoms with Gasteiger partial charge in [0.2, 0.25) is 0 Å². The summed E-state index contributed by atoms with van der Waals surface area (Å²) in [5, 5.41) is 4.87. The number of rotatable bonds is 2. The second kappa shape index (κ2) is 5.15. The molecule has 0 unspecified atom stereocenters. The second-order valence-corrected chi connectivity index (χ2v) is 5.99. The van der Waals surface area contributed by atoms with Crippen molar-refractivity contribution >= 4 is 23.2 Å². The van der Waals surface area contributed by atoms with Crippen molar-refractivity contribution in [1.29, 1.82) is 0 Å². The largest absolute Gasteiger partial charge is 0.314 e. The Hall–Kier alpha value is -0.280. The quantitative estimate of drug-likeness (QED) is 0.890. The maximum atomic E-state index is 6.22. The van der Waals surface area contributed by atoms with E-state index in [0.717, 1.165) is 36.8 Å². The van der Waals surface area contributed by atoms with Gasteiger partial charge in [-0.05, 0) is 31.5 Å². The van der Waals surface area contributed by atoms with Crippen molar-refractivity contribution in [3.05, 3.63) is 33.8 Å². The van der Waals surface area contributed by atoms with Crippen molar-refractivity contribution in [2.75, 3.05) is 19.6 Å². The minimum atomic E-state index is 0.168. The zero-order valence-electron chi connectivity index (χ0n) is 10.3. The first kappa shape index (κ1) is 13.2. The van der Waals surface area contributed by atoms with Crippen LogP contribution in [0.3, 0.4) is 0 Å². The lowest BCUT2D eigenvalue weighted by molar-refractivity contribution is 0.0828. The molecule has 1 saturated heterocycles. The molecule has 1 N–H and O–H groups in total. The molecule has 2 rings (SSSR count). The van der Waals surface area contributed by atoms with E-state index >= 15 is 0 Å². The SMILES string of the molecule is CC1(C)CNCCN1Cc1ccc(Cl)cc1Cl. The van der Waals surface area contributed by atoms with E-state index in [4.69, 9.17) is 23.2 Å². The third kappa shape index (κ3) is 3.14. The highest BCUT2D eigenvalue weighted by Gasteiger charge is 2.29. The van der Waals surface area contributed by atoms with Gasteiger partial charge in [0.15, 0.2) is 0 Å². The molecule has 0 aliphatic carbocycles. The molecule has 4 heteroatoms. The van der Waals surface area contributed by atoms with Crippen molar-refractivity contribution in [1.82, 2.24) is 10.2 Å². The van der Waals surface area contributed by atoms with Gasteiger partial charge in [0.05, 0.1) is 0 Å². The predicted molar refractivity (Wildman–Crippen MR) is 73.8 cm³/mol. The number of piperazine rings is 1. The smallest absolute Gasteiger partial charge is 0.0465 e. The molecule has 17 heavy (non-hydrogen) atoms. The molecule has 0 saturated carbocycles. The molecule has 1 aliphatic rings. The molecule has 1 fully saturated rings. The van der Waals surface area contributed by atoms with Crippen LogP contribution in [0.5, 0.6) is 0 Å². The number of nitrogens with one attached hydrogen (secondary N) is 1. The fourth-order valence-electron chi connectivity index (χ4n) is 2.17. The van der Waals surface area contributed by atoms with Crippen LogP contribution in [-0.2, 0) is 6.54 Å².